The van der Waals surface area contributed by atoms with Crippen LogP contribution in [0.4, 0.5) is 5.82 Å². The van der Waals surface area contributed by atoms with Gasteiger partial charge in [0.25, 0.3) is 5.88 Å². The van der Waals surface area contributed by atoms with Crippen LogP contribution in [-0.4, -0.2) is 53.8 Å². The van der Waals surface area contributed by atoms with E-state index < -0.39 is 0 Å². The minimum absolute atomic E-state index is 0.348. The van der Waals surface area contributed by atoms with Gasteiger partial charge in [0.2, 0.25) is 0 Å². The van der Waals surface area contributed by atoms with Gasteiger partial charge in [-0.3, -0.25) is 0 Å². The number of aromatic nitrogens is 3. The molecule has 8 heteroatoms. The number of nitrogens with one attached hydrogen (secondary N) is 1. The van der Waals surface area contributed by atoms with Crippen molar-refractivity contribution in [1.82, 2.24) is 20.3 Å². The summed E-state index contributed by atoms with van der Waals surface area (Å²) < 4.78 is 12.1. The molecule has 128 valence electrons. The van der Waals surface area contributed by atoms with Gasteiger partial charge in [0.05, 0.1) is 0 Å². The first-order chi connectivity index (χ1) is 11.8. The van der Waals surface area contributed by atoms with Crippen molar-refractivity contribution in [3.05, 3.63) is 35.3 Å². The van der Waals surface area contributed by atoms with E-state index in [1.54, 1.807) is 18.6 Å². The largest absolute Gasteiger partial charge is 0.487 e. The molecule has 0 spiro atoms. The highest BCUT2D eigenvalue weighted by Crippen LogP contribution is 2.25. The van der Waals surface area contributed by atoms with Crippen LogP contribution in [0, 0.1) is 0 Å². The van der Waals surface area contributed by atoms with Gasteiger partial charge in [0, 0.05) is 44.3 Å². The van der Waals surface area contributed by atoms with Gasteiger partial charge in [-0.15, -0.1) is 0 Å². The highest BCUT2D eigenvalue weighted by atomic mass is 79.9. The average Bonchev–Trinajstić information content (AvgIpc) is 2.61. The van der Waals surface area contributed by atoms with Crippen LogP contribution in [0.25, 0.3) is 0 Å². The van der Waals surface area contributed by atoms with Crippen LogP contribution in [0.2, 0.25) is 0 Å². The van der Waals surface area contributed by atoms with Gasteiger partial charge >= 0.3 is 0 Å². The van der Waals surface area contributed by atoms with E-state index >= 15 is 0 Å². The van der Waals surface area contributed by atoms with E-state index in [2.05, 4.69) is 48.0 Å². The van der Waals surface area contributed by atoms with Crippen molar-refractivity contribution in [2.45, 2.75) is 13.0 Å². The van der Waals surface area contributed by atoms with E-state index in [1.165, 1.54) is 0 Å². The second-order valence-corrected chi connectivity index (χ2v) is 6.17. The Morgan fingerprint density at radius 2 is 2.04 bits per heavy atom. The minimum Gasteiger partial charge on any atom is -0.487 e. The number of ether oxygens (including phenoxy) is 2. The maximum Gasteiger partial charge on any atom is 0.257 e. The normalized spacial score (nSPS) is 17.6. The molecule has 7 nitrogen and oxygen atoms in total. The SMILES string of the molecule is CC1CNCCN1c1nccnc1OCCOc1cccnc1Br. The molecule has 2 aromatic heterocycles. The average molecular weight is 394 g/mol. The van der Waals surface area contributed by atoms with E-state index in [0.29, 0.717) is 35.5 Å². The predicted octanol–water partition coefficient (Wildman–Crippen LogP) is 1.89. The van der Waals surface area contributed by atoms with Crippen molar-refractivity contribution in [2.75, 3.05) is 37.7 Å². The molecule has 0 saturated carbocycles. The molecular weight excluding hydrogens is 374 g/mol. The third kappa shape index (κ3) is 4.12. The van der Waals surface area contributed by atoms with E-state index in [-0.39, 0.29) is 0 Å². The molecule has 1 N–H and O–H groups in total. The number of pyridine rings is 1. The molecule has 0 radical (unpaired) electrons. The number of hydrogen-bond donors (Lipinski definition) is 1. The van der Waals surface area contributed by atoms with Gasteiger partial charge in [-0.05, 0) is 35.0 Å². The van der Waals surface area contributed by atoms with Crippen molar-refractivity contribution in [2.24, 2.45) is 0 Å². The molecule has 1 atom stereocenters. The molecular formula is C16H20BrN5O2. The molecule has 0 aliphatic carbocycles. The van der Waals surface area contributed by atoms with Crippen LogP contribution in [0.15, 0.2) is 35.3 Å². The van der Waals surface area contributed by atoms with Crippen molar-refractivity contribution in [3.8, 4) is 11.6 Å². The molecule has 1 aliphatic rings. The Morgan fingerprint density at radius 3 is 2.88 bits per heavy atom. The number of anilines is 1. The van der Waals surface area contributed by atoms with Gasteiger partial charge in [-0.1, -0.05) is 0 Å². The Balaban J connectivity index is 1.58. The molecule has 1 aliphatic heterocycles. The fraction of sp³-hybridized carbons (Fsp3) is 0.438. The van der Waals surface area contributed by atoms with Crippen LogP contribution in [0.5, 0.6) is 11.6 Å². The minimum atomic E-state index is 0.348. The van der Waals surface area contributed by atoms with E-state index in [9.17, 15) is 0 Å². The standard InChI is InChI=1S/C16H20BrN5O2/c1-12-11-18-7-8-22(12)15-16(21-6-5-20-15)24-10-9-23-13-3-2-4-19-14(13)17/h2-6,12,18H,7-11H2,1H3. The van der Waals surface area contributed by atoms with Crippen molar-refractivity contribution in [3.63, 3.8) is 0 Å². The van der Waals surface area contributed by atoms with E-state index in [4.69, 9.17) is 9.47 Å². The molecule has 0 amide bonds. The lowest BCUT2D eigenvalue weighted by Gasteiger charge is -2.35. The zero-order chi connectivity index (χ0) is 16.8. The lowest BCUT2D eigenvalue weighted by atomic mass is 10.2. The van der Waals surface area contributed by atoms with Gasteiger partial charge < -0.3 is 19.7 Å². The van der Waals surface area contributed by atoms with Gasteiger partial charge in [-0.25, -0.2) is 15.0 Å². The van der Waals surface area contributed by atoms with Crippen molar-refractivity contribution >= 4 is 21.7 Å². The monoisotopic (exact) mass is 393 g/mol. The summed E-state index contributed by atoms with van der Waals surface area (Å²) >= 11 is 3.35. The molecule has 1 unspecified atom stereocenters. The first-order valence-corrected chi connectivity index (χ1v) is 8.69. The lowest BCUT2D eigenvalue weighted by Crippen LogP contribution is -2.50. The first kappa shape index (κ1) is 16.9. The Bertz CT molecular complexity index is 672. The predicted molar refractivity (Wildman–Crippen MR) is 94.6 cm³/mol. The number of hydrogen-bond acceptors (Lipinski definition) is 7. The van der Waals surface area contributed by atoms with Crippen molar-refractivity contribution in [1.29, 1.82) is 0 Å². The lowest BCUT2D eigenvalue weighted by molar-refractivity contribution is 0.210. The summed E-state index contributed by atoms with van der Waals surface area (Å²) in [6, 6.07) is 4.03. The highest BCUT2D eigenvalue weighted by Gasteiger charge is 2.23. The quantitative estimate of drug-likeness (QED) is 0.593. The number of piperazine rings is 1. The second-order valence-electron chi connectivity index (χ2n) is 5.42. The summed E-state index contributed by atoms with van der Waals surface area (Å²) in [5.41, 5.74) is 0. The van der Waals surface area contributed by atoms with E-state index in [1.807, 2.05) is 12.1 Å². The fourth-order valence-corrected chi connectivity index (χ4v) is 2.91. The summed E-state index contributed by atoms with van der Waals surface area (Å²) in [4.78, 5) is 15.1. The van der Waals surface area contributed by atoms with Crippen LogP contribution >= 0.6 is 15.9 Å². The molecule has 3 heterocycles. The Morgan fingerprint density at radius 1 is 1.21 bits per heavy atom. The topological polar surface area (TPSA) is 72.4 Å². The maximum absolute atomic E-state index is 5.80. The second kappa shape index (κ2) is 8.25. The van der Waals surface area contributed by atoms with Crippen LogP contribution < -0.4 is 19.7 Å². The van der Waals surface area contributed by atoms with Crippen LogP contribution in [-0.2, 0) is 0 Å². The first-order valence-electron chi connectivity index (χ1n) is 7.90. The summed E-state index contributed by atoms with van der Waals surface area (Å²) in [5.74, 6) is 2.02. The molecule has 0 bridgehead atoms. The highest BCUT2D eigenvalue weighted by molar-refractivity contribution is 9.10. The van der Waals surface area contributed by atoms with Crippen LogP contribution in [0.3, 0.4) is 0 Å². The van der Waals surface area contributed by atoms with Crippen molar-refractivity contribution < 1.29 is 9.47 Å². The molecule has 2 aromatic rings. The van der Waals surface area contributed by atoms with E-state index in [0.717, 1.165) is 25.5 Å². The molecule has 1 saturated heterocycles. The summed E-state index contributed by atoms with van der Waals surface area (Å²) in [7, 11) is 0. The summed E-state index contributed by atoms with van der Waals surface area (Å²) in [5, 5.41) is 3.37. The molecule has 0 aromatic carbocycles. The zero-order valence-electron chi connectivity index (χ0n) is 13.5. The summed E-state index contributed by atoms with van der Waals surface area (Å²) in [6.45, 7) is 5.68. The van der Waals surface area contributed by atoms with Crippen LogP contribution in [0.1, 0.15) is 6.92 Å². The maximum atomic E-state index is 5.80. The number of rotatable bonds is 6. The number of nitrogens with zero attached hydrogens (tertiary/aromatic N) is 4. The van der Waals surface area contributed by atoms with Gasteiger partial charge in [0.1, 0.15) is 17.8 Å². The smallest absolute Gasteiger partial charge is 0.257 e. The van der Waals surface area contributed by atoms with Gasteiger partial charge in [-0.2, -0.15) is 0 Å². The fourth-order valence-electron chi connectivity index (χ4n) is 2.54. The Labute approximate surface area is 149 Å². The van der Waals surface area contributed by atoms with Gasteiger partial charge in [0.15, 0.2) is 11.6 Å². The Kier molecular flexibility index (Phi) is 5.81. The molecule has 1 fully saturated rings. The number of halogens is 1. The zero-order valence-corrected chi connectivity index (χ0v) is 15.1. The molecule has 24 heavy (non-hydrogen) atoms. The third-order valence-electron chi connectivity index (χ3n) is 3.72. The Hall–Kier alpha value is -1.93. The molecule has 3 rings (SSSR count). The summed E-state index contributed by atoms with van der Waals surface area (Å²) in [6.07, 6.45) is 5.04. The third-order valence-corrected chi connectivity index (χ3v) is 4.32.